The van der Waals surface area contributed by atoms with Gasteiger partial charge in [0, 0.05) is 5.92 Å². The summed E-state index contributed by atoms with van der Waals surface area (Å²) in [5, 5.41) is 4.05. The van der Waals surface area contributed by atoms with E-state index in [2.05, 4.69) is 15.1 Å². The molecule has 0 atom stereocenters. The van der Waals surface area contributed by atoms with Gasteiger partial charge in [-0.05, 0) is 11.6 Å². The molecule has 0 aliphatic rings. The Balaban J connectivity index is 2.85. The van der Waals surface area contributed by atoms with Crippen LogP contribution in [0.1, 0.15) is 25.6 Å². The lowest BCUT2D eigenvalue weighted by atomic mass is 10.2. The van der Waals surface area contributed by atoms with Gasteiger partial charge in [-0.15, -0.1) is 5.10 Å². The standard InChI is InChI=1S/C8H9ClN4O/c1-4(2)6-10-3-5-7(14)11-8(9)12-13(5)6/h3-4H,1-2H3,(H,11,12,14). The predicted molar refractivity (Wildman–Crippen MR) is 52.7 cm³/mol. The molecule has 0 unspecified atom stereocenters. The van der Waals surface area contributed by atoms with Crippen LogP contribution in [0.2, 0.25) is 5.28 Å². The number of nitrogens with one attached hydrogen (secondary N) is 1. The molecule has 0 spiro atoms. The Hall–Kier alpha value is -1.36. The van der Waals surface area contributed by atoms with Crippen LogP contribution in [-0.4, -0.2) is 19.6 Å². The molecule has 0 saturated carbocycles. The molecule has 1 N–H and O–H groups in total. The highest BCUT2D eigenvalue weighted by molar-refractivity contribution is 6.28. The summed E-state index contributed by atoms with van der Waals surface area (Å²) in [7, 11) is 0. The van der Waals surface area contributed by atoms with Crippen molar-refractivity contribution in [3.05, 3.63) is 27.7 Å². The fourth-order valence-electron chi connectivity index (χ4n) is 1.28. The number of hydrogen-bond donors (Lipinski definition) is 1. The third-order valence-corrected chi connectivity index (χ3v) is 2.09. The SMILES string of the molecule is CC(C)c1ncc2c(=O)[nH]c(Cl)nn12. The molecule has 14 heavy (non-hydrogen) atoms. The second-order valence-corrected chi connectivity index (χ2v) is 3.67. The number of aromatic nitrogens is 4. The Morgan fingerprint density at radius 3 is 2.93 bits per heavy atom. The highest BCUT2D eigenvalue weighted by Gasteiger charge is 2.11. The van der Waals surface area contributed by atoms with Crippen LogP contribution in [-0.2, 0) is 0 Å². The lowest BCUT2D eigenvalue weighted by Gasteiger charge is -2.02. The molecular formula is C8H9ClN4O. The van der Waals surface area contributed by atoms with Gasteiger partial charge in [0.15, 0.2) is 5.52 Å². The van der Waals surface area contributed by atoms with Crippen molar-refractivity contribution in [3.63, 3.8) is 0 Å². The number of rotatable bonds is 1. The molecule has 2 aromatic heterocycles. The van der Waals surface area contributed by atoms with Gasteiger partial charge < -0.3 is 0 Å². The minimum Gasteiger partial charge on any atom is -0.294 e. The number of H-pyrrole nitrogens is 1. The lowest BCUT2D eigenvalue weighted by Crippen LogP contribution is -2.13. The van der Waals surface area contributed by atoms with Gasteiger partial charge in [0.25, 0.3) is 5.56 Å². The first kappa shape index (κ1) is 9.21. The first-order valence-electron chi connectivity index (χ1n) is 4.23. The summed E-state index contributed by atoms with van der Waals surface area (Å²) in [6.45, 7) is 3.96. The number of halogens is 1. The van der Waals surface area contributed by atoms with Crippen LogP contribution in [0.25, 0.3) is 5.52 Å². The van der Waals surface area contributed by atoms with E-state index in [1.807, 2.05) is 13.8 Å². The second-order valence-electron chi connectivity index (χ2n) is 3.31. The largest absolute Gasteiger partial charge is 0.294 e. The van der Waals surface area contributed by atoms with Crippen molar-refractivity contribution >= 4 is 17.1 Å². The predicted octanol–water partition coefficient (Wildman–Crippen LogP) is 1.19. The van der Waals surface area contributed by atoms with Crippen molar-refractivity contribution in [3.8, 4) is 0 Å². The van der Waals surface area contributed by atoms with E-state index in [1.54, 1.807) is 0 Å². The number of hydrogen-bond acceptors (Lipinski definition) is 3. The summed E-state index contributed by atoms with van der Waals surface area (Å²) in [6, 6.07) is 0. The van der Waals surface area contributed by atoms with E-state index in [-0.39, 0.29) is 16.8 Å². The number of nitrogens with zero attached hydrogens (tertiary/aromatic N) is 3. The molecule has 74 valence electrons. The van der Waals surface area contributed by atoms with Gasteiger partial charge in [0.05, 0.1) is 6.20 Å². The molecule has 0 aromatic carbocycles. The van der Waals surface area contributed by atoms with Crippen molar-refractivity contribution in [1.82, 2.24) is 19.6 Å². The van der Waals surface area contributed by atoms with E-state index in [0.29, 0.717) is 5.52 Å². The molecule has 6 heteroatoms. The van der Waals surface area contributed by atoms with Crippen molar-refractivity contribution in [1.29, 1.82) is 0 Å². The van der Waals surface area contributed by atoms with Crippen LogP contribution in [0.4, 0.5) is 0 Å². The average molecular weight is 213 g/mol. The highest BCUT2D eigenvalue weighted by Crippen LogP contribution is 2.12. The molecule has 0 aliphatic heterocycles. The normalized spacial score (nSPS) is 11.4. The zero-order valence-corrected chi connectivity index (χ0v) is 8.54. The minimum atomic E-state index is -0.274. The summed E-state index contributed by atoms with van der Waals surface area (Å²) in [6.07, 6.45) is 1.50. The average Bonchev–Trinajstić information content (AvgIpc) is 2.47. The van der Waals surface area contributed by atoms with E-state index in [0.717, 1.165) is 5.82 Å². The zero-order valence-electron chi connectivity index (χ0n) is 7.78. The topological polar surface area (TPSA) is 63.0 Å². The minimum absolute atomic E-state index is 0.0717. The van der Waals surface area contributed by atoms with Crippen LogP contribution < -0.4 is 5.56 Å². The van der Waals surface area contributed by atoms with E-state index >= 15 is 0 Å². The van der Waals surface area contributed by atoms with Crippen LogP contribution in [0.5, 0.6) is 0 Å². The smallest absolute Gasteiger partial charge is 0.277 e. The maximum Gasteiger partial charge on any atom is 0.277 e. The fraction of sp³-hybridized carbons (Fsp3) is 0.375. The monoisotopic (exact) mass is 212 g/mol. The molecule has 0 saturated heterocycles. The first-order chi connectivity index (χ1) is 6.59. The molecular weight excluding hydrogens is 204 g/mol. The van der Waals surface area contributed by atoms with Crippen LogP contribution in [0.3, 0.4) is 0 Å². The van der Waals surface area contributed by atoms with Crippen LogP contribution in [0, 0.1) is 0 Å². The van der Waals surface area contributed by atoms with E-state index in [9.17, 15) is 4.79 Å². The maximum absolute atomic E-state index is 11.4. The molecule has 0 fully saturated rings. The Kier molecular flexibility index (Phi) is 2.03. The second kappa shape index (κ2) is 3.09. The van der Waals surface area contributed by atoms with Crippen LogP contribution >= 0.6 is 11.6 Å². The Bertz CT molecular complexity index is 528. The first-order valence-corrected chi connectivity index (χ1v) is 4.61. The number of fused-ring (bicyclic) bond motifs is 1. The lowest BCUT2D eigenvalue weighted by molar-refractivity contribution is 0.718. The van der Waals surface area contributed by atoms with Crippen molar-refractivity contribution in [2.24, 2.45) is 0 Å². The summed E-state index contributed by atoms with van der Waals surface area (Å²) in [4.78, 5) is 17.9. The Morgan fingerprint density at radius 1 is 1.57 bits per heavy atom. The van der Waals surface area contributed by atoms with Gasteiger partial charge in [-0.25, -0.2) is 9.50 Å². The summed E-state index contributed by atoms with van der Waals surface area (Å²) < 4.78 is 1.48. The Labute approximate surface area is 84.7 Å². The van der Waals surface area contributed by atoms with Crippen molar-refractivity contribution in [2.75, 3.05) is 0 Å². The molecule has 2 heterocycles. The molecule has 0 aliphatic carbocycles. The summed E-state index contributed by atoms with van der Waals surface area (Å²) in [5.74, 6) is 0.927. The third-order valence-electron chi connectivity index (χ3n) is 1.92. The van der Waals surface area contributed by atoms with Gasteiger partial charge in [-0.1, -0.05) is 13.8 Å². The molecule has 2 rings (SSSR count). The summed E-state index contributed by atoms with van der Waals surface area (Å²) >= 11 is 5.64. The highest BCUT2D eigenvalue weighted by atomic mass is 35.5. The molecule has 0 bridgehead atoms. The van der Waals surface area contributed by atoms with Gasteiger partial charge in [-0.2, -0.15) is 0 Å². The number of imidazole rings is 1. The molecule has 5 nitrogen and oxygen atoms in total. The van der Waals surface area contributed by atoms with Gasteiger partial charge in [0.1, 0.15) is 5.82 Å². The van der Waals surface area contributed by atoms with Crippen molar-refractivity contribution < 1.29 is 0 Å². The van der Waals surface area contributed by atoms with Gasteiger partial charge >= 0.3 is 0 Å². The van der Waals surface area contributed by atoms with E-state index < -0.39 is 0 Å². The maximum atomic E-state index is 11.4. The zero-order chi connectivity index (χ0) is 10.3. The van der Waals surface area contributed by atoms with Crippen LogP contribution in [0.15, 0.2) is 11.0 Å². The molecule has 0 radical (unpaired) electrons. The van der Waals surface area contributed by atoms with E-state index in [4.69, 9.17) is 11.6 Å². The van der Waals surface area contributed by atoms with Gasteiger partial charge in [-0.3, -0.25) is 9.78 Å². The number of aromatic amines is 1. The Morgan fingerprint density at radius 2 is 2.29 bits per heavy atom. The fourth-order valence-corrected chi connectivity index (χ4v) is 1.45. The quantitative estimate of drug-likeness (QED) is 0.773. The molecule has 0 amide bonds. The molecule has 2 aromatic rings. The van der Waals surface area contributed by atoms with E-state index in [1.165, 1.54) is 10.7 Å². The third kappa shape index (κ3) is 1.29. The van der Waals surface area contributed by atoms with Crippen molar-refractivity contribution in [2.45, 2.75) is 19.8 Å². The van der Waals surface area contributed by atoms with Gasteiger partial charge in [0.2, 0.25) is 5.28 Å². The summed E-state index contributed by atoms with van der Waals surface area (Å²) in [5.41, 5.74) is 0.141.